The molecule has 0 bridgehead atoms. The normalized spacial score (nSPS) is 20.3. The molecule has 2 aromatic rings. The van der Waals surface area contributed by atoms with Gasteiger partial charge >= 0.3 is 5.97 Å². The first-order chi connectivity index (χ1) is 12.0. The molecule has 0 aliphatic carbocycles. The summed E-state index contributed by atoms with van der Waals surface area (Å²) in [6.07, 6.45) is 5.24. The Kier molecular flexibility index (Phi) is 4.79. The summed E-state index contributed by atoms with van der Waals surface area (Å²) in [6, 6.07) is 6.60. The second-order valence-corrected chi connectivity index (χ2v) is 6.28. The van der Waals surface area contributed by atoms with Crippen molar-refractivity contribution in [3.8, 4) is 11.1 Å². The van der Waals surface area contributed by atoms with E-state index in [2.05, 4.69) is 9.97 Å². The highest BCUT2D eigenvalue weighted by atomic mass is 19.1. The maximum absolute atomic E-state index is 13.9. The first-order valence-electron chi connectivity index (χ1n) is 8.21. The van der Waals surface area contributed by atoms with Crippen LogP contribution in [0.1, 0.15) is 20.3 Å². The molecule has 3 rings (SSSR count). The van der Waals surface area contributed by atoms with Gasteiger partial charge in [-0.1, -0.05) is 36.8 Å². The van der Waals surface area contributed by atoms with E-state index in [-0.39, 0.29) is 24.2 Å². The van der Waals surface area contributed by atoms with Gasteiger partial charge in [0, 0.05) is 36.1 Å². The molecule has 0 amide bonds. The lowest BCUT2D eigenvalue weighted by Gasteiger charge is -2.37. The Hall–Kier alpha value is -2.76. The van der Waals surface area contributed by atoms with Crippen molar-refractivity contribution in [3.05, 3.63) is 54.1 Å². The molecule has 5 nitrogen and oxygen atoms in total. The van der Waals surface area contributed by atoms with Crippen LogP contribution in [-0.2, 0) is 4.79 Å². The van der Waals surface area contributed by atoms with Gasteiger partial charge in [-0.25, -0.2) is 14.4 Å². The van der Waals surface area contributed by atoms with Crippen LogP contribution >= 0.6 is 0 Å². The van der Waals surface area contributed by atoms with Gasteiger partial charge in [0.2, 0.25) is 5.95 Å². The summed E-state index contributed by atoms with van der Waals surface area (Å²) in [7, 11) is 0. The van der Waals surface area contributed by atoms with Crippen LogP contribution in [0.3, 0.4) is 0 Å². The van der Waals surface area contributed by atoms with E-state index in [1.54, 1.807) is 30.6 Å². The molecule has 0 spiro atoms. The highest BCUT2D eigenvalue weighted by Crippen LogP contribution is 2.29. The first-order valence-corrected chi connectivity index (χ1v) is 8.21. The number of carboxylic acids is 1. The number of carboxylic acid groups (broad SMARTS) is 1. The zero-order valence-electron chi connectivity index (χ0n) is 14.2. The molecular formula is C19H20FN3O2. The second-order valence-electron chi connectivity index (χ2n) is 6.28. The third-order valence-electron chi connectivity index (χ3n) is 4.79. The number of nitrogens with zero attached hydrogens (tertiary/aromatic N) is 3. The van der Waals surface area contributed by atoms with Gasteiger partial charge in [-0.3, -0.25) is 4.79 Å². The minimum atomic E-state index is -0.816. The Morgan fingerprint density at radius 2 is 1.96 bits per heavy atom. The van der Waals surface area contributed by atoms with E-state index >= 15 is 0 Å². The number of benzene rings is 1. The molecule has 1 aliphatic heterocycles. The highest BCUT2D eigenvalue weighted by Gasteiger charge is 2.29. The quantitative estimate of drug-likeness (QED) is 0.862. The molecule has 2 unspecified atom stereocenters. The number of aromatic nitrogens is 2. The summed E-state index contributed by atoms with van der Waals surface area (Å²) >= 11 is 0. The van der Waals surface area contributed by atoms with Crippen LogP contribution in [0.2, 0.25) is 0 Å². The Balaban J connectivity index is 1.82. The number of halogens is 1. The van der Waals surface area contributed by atoms with Crippen molar-refractivity contribution >= 4 is 11.9 Å². The van der Waals surface area contributed by atoms with Crippen molar-refractivity contribution in [2.24, 2.45) is 5.92 Å². The Bertz CT molecular complexity index is 805. The lowest BCUT2D eigenvalue weighted by Crippen LogP contribution is -2.43. The third-order valence-corrected chi connectivity index (χ3v) is 4.79. The summed E-state index contributed by atoms with van der Waals surface area (Å²) in [5.74, 6) is -0.464. The molecule has 1 aliphatic rings. The highest BCUT2D eigenvalue weighted by molar-refractivity contribution is 5.70. The third kappa shape index (κ3) is 3.52. The van der Waals surface area contributed by atoms with E-state index in [1.807, 2.05) is 24.8 Å². The Labute approximate surface area is 145 Å². The van der Waals surface area contributed by atoms with Crippen molar-refractivity contribution in [1.82, 2.24) is 9.97 Å². The van der Waals surface area contributed by atoms with Gasteiger partial charge in [0.15, 0.2) is 0 Å². The topological polar surface area (TPSA) is 66.3 Å². The van der Waals surface area contributed by atoms with Gasteiger partial charge in [0.1, 0.15) is 5.82 Å². The number of carbonyl (C=O) groups is 1. The van der Waals surface area contributed by atoms with E-state index in [9.17, 15) is 9.18 Å². The zero-order chi connectivity index (χ0) is 18.0. The summed E-state index contributed by atoms with van der Waals surface area (Å²) in [5, 5.41) is 9.00. The van der Waals surface area contributed by atoms with E-state index in [0.29, 0.717) is 23.6 Å². The molecule has 1 aromatic heterocycles. The molecule has 130 valence electrons. The lowest BCUT2D eigenvalue weighted by atomic mass is 9.87. The summed E-state index contributed by atoms with van der Waals surface area (Å²) < 4.78 is 13.9. The van der Waals surface area contributed by atoms with Crippen LogP contribution in [0, 0.1) is 11.7 Å². The van der Waals surface area contributed by atoms with Crippen LogP contribution < -0.4 is 4.90 Å². The van der Waals surface area contributed by atoms with Crippen LogP contribution in [0.15, 0.2) is 48.3 Å². The van der Waals surface area contributed by atoms with Gasteiger partial charge in [0.25, 0.3) is 0 Å². The van der Waals surface area contributed by atoms with Gasteiger partial charge in [-0.2, -0.15) is 0 Å². The first kappa shape index (κ1) is 17.1. The van der Waals surface area contributed by atoms with E-state index in [1.165, 1.54) is 6.07 Å². The lowest BCUT2D eigenvalue weighted by molar-refractivity contribution is -0.136. The zero-order valence-corrected chi connectivity index (χ0v) is 14.2. The van der Waals surface area contributed by atoms with Crippen molar-refractivity contribution in [2.75, 3.05) is 11.4 Å². The molecule has 0 radical (unpaired) electrons. The Morgan fingerprint density at radius 1 is 1.28 bits per heavy atom. The molecule has 0 saturated heterocycles. The van der Waals surface area contributed by atoms with Crippen LogP contribution in [0.25, 0.3) is 11.1 Å². The largest absolute Gasteiger partial charge is 0.481 e. The maximum Gasteiger partial charge on any atom is 0.307 e. The number of hydrogen-bond acceptors (Lipinski definition) is 4. The maximum atomic E-state index is 13.9. The summed E-state index contributed by atoms with van der Waals surface area (Å²) in [4.78, 5) is 21.8. The minimum absolute atomic E-state index is 0.0619. The van der Waals surface area contributed by atoms with Crippen molar-refractivity contribution in [2.45, 2.75) is 26.3 Å². The Morgan fingerprint density at radius 3 is 2.60 bits per heavy atom. The van der Waals surface area contributed by atoms with E-state index < -0.39 is 5.97 Å². The predicted octanol–water partition coefficient (Wildman–Crippen LogP) is 3.53. The molecule has 1 N–H and O–H groups in total. The monoisotopic (exact) mass is 341 g/mol. The van der Waals surface area contributed by atoms with E-state index in [4.69, 9.17) is 5.11 Å². The minimum Gasteiger partial charge on any atom is -0.481 e. The fraction of sp³-hybridized carbons (Fsp3) is 0.316. The predicted molar refractivity (Wildman–Crippen MR) is 93.7 cm³/mol. The number of hydrogen-bond donors (Lipinski definition) is 1. The average Bonchev–Trinajstić information content (AvgIpc) is 2.60. The second kappa shape index (κ2) is 7.01. The standard InChI is InChI=1S/C19H20FN3O2/c1-12-13(2)23(8-7-14(12)9-18(24)25)19-21-10-15(11-22-19)16-5-3-4-6-17(16)20/h3-7,10-13H,8-9H2,1-2H3,(H,24,25). The van der Waals surface area contributed by atoms with Crippen molar-refractivity contribution in [1.29, 1.82) is 0 Å². The summed E-state index contributed by atoms with van der Waals surface area (Å²) in [5.41, 5.74) is 2.03. The fourth-order valence-corrected chi connectivity index (χ4v) is 3.12. The average molecular weight is 341 g/mol. The molecule has 6 heteroatoms. The molecule has 0 saturated carbocycles. The van der Waals surface area contributed by atoms with Crippen molar-refractivity contribution < 1.29 is 14.3 Å². The number of anilines is 1. The SMILES string of the molecule is CC1C(CC(=O)O)=CCN(c2ncc(-c3ccccc3F)cn2)C1C. The molecule has 25 heavy (non-hydrogen) atoms. The number of rotatable bonds is 4. The van der Waals surface area contributed by atoms with Gasteiger partial charge in [-0.15, -0.1) is 0 Å². The van der Waals surface area contributed by atoms with Crippen LogP contribution in [-0.4, -0.2) is 33.6 Å². The van der Waals surface area contributed by atoms with Crippen LogP contribution in [0.5, 0.6) is 0 Å². The van der Waals surface area contributed by atoms with Crippen molar-refractivity contribution in [3.63, 3.8) is 0 Å². The smallest absolute Gasteiger partial charge is 0.307 e. The van der Waals surface area contributed by atoms with Gasteiger partial charge in [-0.05, 0) is 18.9 Å². The summed E-state index contributed by atoms with van der Waals surface area (Å²) in [6.45, 7) is 4.61. The van der Waals surface area contributed by atoms with Gasteiger partial charge in [0.05, 0.1) is 6.42 Å². The number of aliphatic carboxylic acids is 1. The molecule has 2 heterocycles. The molecule has 1 aromatic carbocycles. The molecular weight excluding hydrogens is 321 g/mol. The fourth-order valence-electron chi connectivity index (χ4n) is 3.12. The molecule has 2 atom stereocenters. The van der Waals surface area contributed by atoms with Crippen LogP contribution in [0.4, 0.5) is 10.3 Å². The molecule has 0 fully saturated rings. The van der Waals surface area contributed by atoms with Gasteiger partial charge < -0.3 is 10.0 Å². The van der Waals surface area contributed by atoms with E-state index in [0.717, 1.165) is 5.57 Å².